The summed E-state index contributed by atoms with van der Waals surface area (Å²) in [6.07, 6.45) is 0. The van der Waals surface area contributed by atoms with E-state index in [0.717, 1.165) is 15.7 Å². The second-order valence-electron chi connectivity index (χ2n) is 6.36. The van der Waals surface area contributed by atoms with Crippen LogP contribution < -0.4 is 25.4 Å². The van der Waals surface area contributed by atoms with Crippen LogP contribution in [0, 0.1) is 0 Å². The number of allylic oxidation sites excluding steroid dienone is 1. The number of rotatable bonds is 6. The van der Waals surface area contributed by atoms with Gasteiger partial charge in [0.25, 0.3) is 5.91 Å². The molecule has 1 heterocycles. The first-order valence-corrected chi connectivity index (χ1v) is 10.3. The number of methoxy groups -OCH3 is 1. The number of carbonyl (C=O) groups excluding carboxylic acids is 1. The first-order chi connectivity index (χ1) is 13.9. The summed E-state index contributed by atoms with van der Waals surface area (Å²) < 4.78 is 11.9. The van der Waals surface area contributed by atoms with Crippen LogP contribution in [0.2, 0.25) is 0 Å². The van der Waals surface area contributed by atoms with Crippen molar-refractivity contribution < 1.29 is 14.3 Å². The molecule has 0 unspecified atom stereocenters. The van der Waals surface area contributed by atoms with Crippen LogP contribution in [0.5, 0.6) is 11.5 Å². The minimum atomic E-state index is -0.451. The standard InChI is InChI=1S/C21H22BrN3O3S/c1-4-28-19-15(22)10-13(11-16(19)27-3)18-17(12(2)23-21(29)25-18)20(26)24-14-8-6-5-7-9-14/h5-11,18H,4H2,1-3H3,(H,24,26)(H2,23,25,29)/t18-/m1/s1. The van der Waals surface area contributed by atoms with E-state index in [9.17, 15) is 4.79 Å². The van der Waals surface area contributed by atoms with E-state index in [0.29, 0.717) is 34.5 Å². The van der Waals surface area contributed by atoms with Gasteiger partial charge in [0.15, 0.2) is 16.6 Å². The normalized spacial score (nSPS) is 16.0. The molecule has 2 aromatic carbocycles. The Labute approximate surface area is 183 Å². The van der Waals surface area contributed by atoms with Crippen LogP contribution in [-0.4, -0.2) is 24.7 Å². The van der Waals surface area contributed by atoms with Crippen molar-refractivity contribution in [3.63, 3.8) is 0 Å². The molecule has 1 aliphatic rings. The van der Waals surface area contributed by atoms with Crippen molar-refractivity contribution in [1.82, 2.24) is 10.6 Å². The summed E-state index contributed by atoms with van der Waals surface area (Å²) >= 11 is 8.88. The van der Waals surface area contributed by atoms with Crippen molar-refractivity contribution in [3.05, 3.63) is 63.8 Å². The molecular weight excluding hydrogens is 454 g/mol. The molecule has 0 saturated carbocycles. The topological polar surface area (TPSA) is 71.6 Å². The Morgan fingerprint density at radius 3 is 2.66 bits per heavy atom. The molecule has 0 aromatic heterocycles. The number of hydrogen-bond donors (Lipinski definition) is 3. The van der Waals surface area contributed by atoms with Gasteiger partial charge in [0, 0.05) is 11.4 Å². The molecule has 0 radical (unpaired) electrons. The number of amides is 1. The van der Waals surface area contributed by atoms with Gasteiger partial charge in [-0.2, -0.15) is 0 Å². The summed E-state index contributed by atoms with van der Waals surface area (Å²) in [6.45, 7) is 4.25. The van der Waals surface area contributed by atoms with E-state index in [4.69, 9.17) is 21.7 Å². The van der Waals surface area contributed by atoms with E-state index < -0.39 is 6.04 Å². The van der Waals surface area contributed by atoms with Crippen LogP contribution in [0.15, 0.2) is 58.2 Å². The lowest BCUT2D eigenvalue weighted by Crippen LogP contribution is -2.45. The highest BCUT2D eigenvalue weighted by Gasteiger charge is 2.31. The number of para-hydroxylation sites is 1. The highest BCUT2D eigenvalue weighted by molar-refractivity contribution is 9.10. The average molecular weight is 476 g/mol. The Hall–Kier alpha value is -2.58. The van der Waals surface area contributed by atoms with Gasteiger partial charge in [-0.25, -0.2) is 0 Å². The third-order valence-electron chi connectivity index (χ3n) is 4.42. The van der Waals surface area contributed by atoms with Crippen molar-refractivity contribution in [2.24, 2.45) is 0 Å². The van der Waals surface area contributed by atoms with Gasteiger partial charge in [0.1, 0.15) is 0 Å². The van der Waals surface area contributed by atoms with Crippen LogP contribution in [0.1, 0.15) is 25.5 Å². The number of benzene rings is 2. The number of anilines is 1. The molecular formula is C21H22BrN3O3S. The van der Waals surface area contributed by atoms with Crippen LogP contribution in [0.4, 0.5) is 5.69 Å². The first-order valence-electron chi connectivity index (χ1n) is 9.09. The third kappa shape index (κ3) is 4.71. The van der Waals surface area contributed by atoms with E-state index in [2.05, 4.69) is 31.9 Å². The zero-order valence-electron chi connectivity index (χ0n) is 16.3. The van der Waals surface area contributed by atoms with Crippen molar-refractivity contribution in [3.8, 4) is 11.5 Å². The van der Waals surface area contributed by atoms with Crippen LogP contribution in [0.25, 0.3) is 0 Å². The Balaban J connectivity index is 2.01. The van der Waals surface area contributed by atoms with Gasteiger partial charge in [-0.15, -0.1) is 0 Å². The van der Waals surface area contributed by atoms with Crippen LogP contribution in [0.3, 0.4) is 0 Å². The van der Waals surface area contributed by atoms with Gasteiger partial charge in [-0.05, 0) is 71.8 Å². The number of nitrogens with one attached hydrogen (secondary N) is 3. The lowest BCUT2D eigenvalue weighted by molar-refractivity contribution is -0.113. The minimum Gasteiger partial charge on any atom is -0.493 e. The van der Waals surface area contributed by atoms with Crippen molar-refractivity contribution in [2.45, 2.75) is 19.9 Å². The monoisotopic (exact) mass is 475 g/mol. The Kier molecular flexibility index (Phi) is 6.76. The molecule has 8 heteroatoms. The lowest BCUT2D eigenvalue weighted by Gasteiger charge is -2.31. The molecule has 0 aliphatic carbocycles. The van der Waals surface area contributed by atoms with E-state index >= 15 is 0 Å². The summed E-state index contributed by atoms with van der Waals surface area (Å²) in [7, 11) is 1.58. The molecule has 0 fully saturated rings. The molecule has 0 bridgehead atoms. The Bertz CT molecular complexity index is 963. The van der Waals surface area contributed by atoms with Crippen molar-refractivity contribution in [2.75, 3.05) is 19.0 Å². The molecule has 0 saturated heterocycles. The SMILES string of the molecule is CCOc1c(Br)cc([C@H]2NC(=S)NC(C)=C2C(=O)Nc2ccccc2)cc1OC. The van der Waals surface area contributed by atoms with E-state index in [-0.39, 0.29) is 5.91 Å². The average Bonchev–Trinajstić information content (AvgIpc) is 2.69. The fourth-order valence-corrected chi connectivity index (χ4v) is 4.00. The molecule has 29 heavy (non-hydrogen) atoms. The summed E-state index contributed by atoms with van der Waals surface area (Å²) in [5.41, 5.74) is 2.77. The molecule has 1 atom stereocenters. The quantitative estimate of drug-likeness (QED) is 0.541. The molecule has 1 aliphatic heterocycles. The fraction of sp³-hybridized carbons (Fsp3) is 0.238. The second-order valence-corrected chi connectivity index (χ2v) is 7.62. The van der Waals surface area contributed by atoms with E-state index in [1.807, 2.05) is 56.3 Å². The Morgan fingerprint density at radius 2 is 2.00 bits per heavy atom. The minimum absolute atomic E-state index is 0.217. The molecule has 152 valence electrons. The summed E-state index contributed by atoms with van der Waals surface area (Å²) in [5.74, 6) is 0.972. The van der Waals surface area contributed by atoms with Gasteiger partial charge < -0.3 is 25.4 Å². The predicted molar refractivity (Wildman–Crippen MR) is 121 cm³/mol. The molecule has 3 N–H and O–H groups in total. The smallest absolute Gasteiger partial charge is 0.255 e. The second kappa shape index (κ2) is 9.28. The molecule has 6 nitrogen and oxygen atoms in total. The maximum absolute atomic E-state index is 13.1. The molecule has 2 aromatic rings. The van der Waals surface area contributed by atoms with E-state index in [1.54, 1.807) is 7.11 Å². The number of thiocarbonyl (C=S) groups is 1. The van der Waals surface area contributed by atoms with E-state index in [1.165, 1.54) is 0 Å². The Morgan fingerprint density at radius 1 is 1.28 bits per heavy atom. The summed E-state index contributed by atoms with van der Waals surface area (Å²) in [6, 6.07) is 12.6. The maximum Gasteiger partial charge on any atom is 0.255 e. The van der Waals surface area contributed by atoms with Crippen molar-refractivity contribution >= 4 is 44.9 Å². The number of halogens is 1. The van der Waals surface area contributed by atoms with Crippen LogP contribution in [-0.2, 0) is 4.79 Å². The molecule has 3 rings (SSSR count). The molecule has 1 amide bonds. The van der Waals surface area contributed by atoms with Gasteiger partial charge >= 0.3 is 0 Å². The maximum atomic E-state index is 13.1. The lowest BCUT2D eigenvalue weighted by atomic mass is 9.94. The third-order valence-corrected chi connectivity index (χ3v) is 5.23. The first kappa shape index (κ1) is 21.1. The van der Waals surface area contributed by atoms with Crippen molar-refractivity contribution in [1.29, 1.82) is 0 Å². The van der Waals surface area contributed by atoms with Gasteiger partial charge in [-0.1, -0.05) is 18.2 Å². The fourth-order valence-electron chi connectivity index (χ4n) is 3.16. The van der Waals surface area contributed by atoms with Gasteiger partial charge in [-0.3, -0.25) is 4.79 Å². The number of hydrogen-bond acceptors (Lipinski definition) is 4. The highest BCUT2D eigenvalue weighted by Crippen LogP contribution is 2.40. The van der Waals surface area contributed by atoms with Gasteiger partial charge in [0.05, 0.1) is 29.8 Å². The zero-order valence-corrected chi connectivity index (χ0v) is 18.7. The highest BCUT2D eigenvalue weighted by atomic mass is 79.9. The predicted octanol–water partition coefficient (Wildman–Crippen LogP) is 4.29. The summed E-state index contributed by atoms with van der Waals surface area (Å²) in [4.78, 5) is 13.1. The largest absolute Gasteiger partial charge is 0.493 e. The van der Waals surface area contributed by atoms with Crippen LogP contribution >= 0.6 is 28.1 Å². The summed E-state index contributed by atoms with van der Waals surface area (Å²) in [5, 5.41) is 9.63. The van der Waals surface area contributed by atoms with Gasteiger partial charge in [0.2, 0.25) is 0 Å². The number of carbonyl (C=O) groups is 1. The molecule has 0 spiro atoms. The number of ether oxygens (including phenoxy) is 2. The zero-order chi connectivity index (χ0) is 21.0.